The number of aliphatic hydroxyl groups is 4. The van der Waals surface area contributed by atoms with Crippen LogP contribution in [-0.4, -0.2) is 46.4 Å². The van der Waals surface area contributed by atoms with E-state index in [1.54, 1.807) is 0 Å². The Kier molecular flexibility index (Phi) is 13.9. The van der Waals surface area contributed by atoms with E-state index in [0.29, 0.717) is 0 Å². The van der Waals surface area contributed by atoms with Gasteiger partial charge in [0.05, 0.1) is 25.9 Å². The van der Waals surface area contributed by atoms with E-state index in [-0.39, 0.29) is 25.2 Å². The molecule has 0 aromatic carbocycles. The van der Waals surface area contributed by atoms with Crippen molar-refractivity contribution in [2.45, 2.75) is 59.0 Å². The molecule has 0 fully saturated rings. The maximum Gasteiger partial charge on any atom is 0.0770 e. The van der Waals surface area contributed by atoms with Crippen LogP contribution in [0.5, 0.6) is 0 Å². The van der Waals surface area contributed by atoms with E-state index in [1.807, 2.05) is 13.8 Å². The average Bonchev–Trinajstić information content (AvgIpc) is 2.38. The van der Waals surface area contributed by atoms with Crippen LogP contribution in [0, 0.1) is 5.41 Å². The van der Waals surface area contributed by atoms with Crippen molar-refractivity contribution in [2.24, 2.45) is 5.41 Å². The van der Waals surface area contributed by atoms with E-state index in [4.69, 9.17) is 20.4 Å². The third kappa shape index (κ3) is 12.1. The molecule has 4 nitrogen and oxygen atoms in total. The van der Waals surface area contributed by atoms with Crippen LogP contribution in [0.15, 0.2) is 0 Å². The highest BCUT2D eigenvalue weighted by atomic mass is 16.3. The zero-order valence-electron chi connectivity index (χ0n) is 11.5. The Morgan fingerprint density at radius 2 is 1.53 bits per heavy atom. The number of unbranched alkanes of at least 4 members (excludes halogenated alkanes) is 2. The fraction of sp³-hybridized carbons (Fsp3) is 1.00. The summed E-state index contributed by atoms with van der Waals surface area (Å²) in [5.74, 6) is 0. The first-order valence-corrected chi connectivity index (χ1v) is 6.50. The Morgan fingerprint density at radius 1 is 1.00 bits per heavy atom. The van der Waals surface area contributed by atoms with Gasteiger partial charge in [-0.1, -0.05) is 40.0 Å². The van der Waals surface area contributed by atoms with Gasteiger partial charge in [-0.25, -0.2) is 0 Å². The highest BCUT2D eigenvalue weighted by Gasteiger charge is 2.18. The van der Waals surface area contributed by atoms with Gasteiger partial charge in [-0.3, -0.25) is 0 Å². The number of aliphatic hydroxyl groups excluding tert-OH is 4. The summed E-state index contributed by atoms with van der Waals surface area (Å²) in [6.07, 6.45) is 4.41. The Balaban J connectivity index is 0. The normalized spacial score (nSPS) is 12.9. The largest absolute Gasteiger partial charge is 0.396 e. The molecule has 4 N–H and O–H groups in total. The smallest absolute Gasteiger partial charge is 0.0770 e. The Hall–Kier alpha value is -0.160. The van der Waals surface area contributed by atoms with Gasteiger partial charge >= 0.3 is 0 Å². The molecule has 0 bridgehead atoms. The topological polar surface area (TPSA) is 80.9 Å². The van der Waals surface area contributed by atoms with Gasteiger partial charge in [-0.2, -0.15) is 0 Å². The standard InChI is InChI=1S/C7H16O2.C6H14O2/c1-2-3-4-5-7(9)6-8;1-3-6(2,4-7)5-8/h7-9H,2-6H2,1H3;7-8H,3-5H2,1-2H3. The zero-order chi connectivity index (χ0) is 13.7. The second-order valence-electron chi connectivity index (χ2n) is 4.81. The molecule has 0 spiro atoms. The van der Waals surface area contributed by atoms with Crippen LogP contribution in [0.3, 0.4) is 0 Å². The lowest BCUT2D eigenvalue weighted by Gasteiger charge is -2.21. The van der Waals surface area contributed by atoms with Gasteiger partial charge in [-0.05, 0) is 12.8 Å². The molecule has 0 amide bonds. The first-order valence-electron chi connectivity index (χ1n) is 6.50. The molecule has 1 atom stereocenters. The molecule has 0 rings (SSSR count). The molecule has 0 radical (unpaired) electrons. The maximum atomic E-state index is 8.83. The number of rotatable bonds is 8. The van der Waals surface area contributed by atoms with Crippen molar-refractivity contribution < 1.29 is 20.4 Å². The lowest BCUT2D eigenvalue weighted by Crippen LogP contribution is -2.24. The van der Waals surface area contributed by atoms with Crippen LogP contribution in [0.4, 0.5) is 0 Å². The van der Waals surface area contributed by atoms with E-state index >= 15 is 0 Å². The summed E-state index contributed by atoms with van der Waals surface area (Å²) in [4.78, 5) is 0. The van der Waals surface area contributed by atoms with Gasteiger partial charge < -0.3 is 20.4 Å². The van der Waals surface area contributed by atoms with Crippen molar-refractivity contribution in [3.63, 3.8) is 0 Å². The summed E-state index contributed by atoms with van der Waals surface area (Å²) >= 11 is 0. The van der Waals surface area contributed by atoms with Crippen molar-refractivity contribution in [3.05, 3.63) is 0 Å². The Labute approximate surface area is 105 Å². The quantitative estimate of drug-likeness (QED) is 0.490. The molecule has 0 aromatic heterocycles. The molecule has 17 heavy (non-hydrogen) atoms. The number of hydrogen-bond acceptors (Lipinski definition) is 4. The molecule has 1 unspecified atom stereocenters. The van der Waals surface area contributed by atoms with Crippen molar-refractivity contribution in [2.75, 3.05) is 19.8 Å². The van der Waals surface area contributed by atoms with E-state index in [0.717, 1.165) is 32.1 Å². The maximum absolute atomic E-state index is 8.83. The van der Waals surface area contributed by atoms with Crippen LogP contribution in [0.25, 0.3) is 0 Å². The number of hydrogen-bond donors (Lipinski definition) is 4. The van der Waals surface area contributed by atoms with Crippen LogP contribution in [0.1, 0.15) is 52.9 Å². The molecule has 0 saturated heterocycles. The highest BCUT2D eigenvalue weighted by Crippen LogP contribution is 2.17. The SMILES string of the molecule is CCC(C)(CO)CO.CCCCCC(O)CO. The minimum atomic E-state index is -0.489. The monoisotopic (exact) mass is 250 g/mol. The summed E-state index contributed by atoms with van der Waals surface area (Å²) in [6.45, 7) is 5.97. The van der Waals surface area contributed by atoms with Crippen LogP contribution in [0.2, 0.25) is 0 Å². The average molecular weight is 250 g/mol. The molecular formula is C13H30O4. The van der Waals surface area contributed by atoms with Crippen LogP contribution < -0.4 is 0 Å². The van der Waals surface area contributed by atoms with Gasteiger partial charge in [0.1, 0.15) is 0 Å². The zero-order valence-corrected chi connectivity index (χ0v) is 11.5. The van der Waals surface area contributed by atoms with Crippen molar-refractivity contribution in [3.8, 4) is 0 Å². The van der Waals surface area contributed by atoms with Gasteiger partial charge in [0.2, 0.25) is 0 Å². The first-order chi connectivity index (χ1) is 7.99. The molecule has 0 saturated carbocycles. The second kappa shape index (κ2) is 12.3. The molecular weight excluding hydrogens is 220 g/mol. The lowest BCUT2D eigenvalue weighted by molar-refractivity contribution is 0.0670. The second-order valence-corrected chi connectivity index (χ2v) is 4.81. The Morgan fingerprint density at radius 3 is 1.76 bits per heavy atom. The molecule has 0 aliphatic rings. The van der Waals surface area contributed by atoms with Gasteiger partial charge in [0, 0.05) is 5.41 Å². The van der Waals surface area contributed by atoms with Gasteiger partial charge in [0.15, 0.2) is 0 Å². The summed E-state index contributed by atoms with van der Waals surface area (Å²) in [5, 5.41) is 34.5. The fourth-order valence-electron chi connectivity index (χ4n) is 0.995. The summed E-state index contributed by atoms with van der Waals surface area (Å²) in [6, 6.07) is 0. The van der Waals surface area contributed by atoms with Crippen molar-refractivity contribution in [1.82, 2.24) is 0 Å². The Bertz CT molecular complexity index is 138. The first kappa shape index (κ1) is 19.2. The van der Waals surface area contributed by atoms with Crippen LogP contribution >= 0.6 is 0 Å². The predicted molar refractivity (Wildman–Crippen MR) is 69.8 cm³/mol. The molecule has 0 aliphatic carbocycles. The minimum Gasteiger partial charge on any atom is -0.396 e. The summed E-state index contributed by atoms with van der Waals surface area (Å²) in [7, 11) is 0. The predicted octanol–water partition coefficient (Wildman–Crippen LogP) is 1.31. The van der Waals surface area contributed by atoms with E-state index in [2.05, 4.69) is 6.92 Å². The van der Waals surface area contributed by atoms with E-state index in [1.165, 1.54) is 0 Å². The third-order valence-electron chi connectivity index (χ3n) is 2.97. The molecule has 0 aliphatic heterocycles. The molecule has 0 aromatic rings. The third-order valence-corrected chi connectivity index (χ3v) is 2.97. The summed E-state index contributed by atoms with van der Waals surface area (Å²) < 4.78 is 0. The minimum absolute atomic E-state index is 0.0694. The van der Waals surface area contributed by atoms with Gasteiger partial charge in [0.25, 0.3) is 0 Å². The van der Waals surface area contributed by atoms with Crippen LogP contribution in [-0.2, 0) is 0 Å². The van der Waals surface area contributed by atoms with E-state index in [9.17, 15) is 0 Å². The summed E-state index contributed by atoms with van der Waals surface area (Å²) in [5.41, 5.74) is -0.264. The molecule has 4 heteroatoms. The lowest BCUT2D eigenvalue weighted by atomic mass is 9.90. The van der Waals surface area contributed by atoms with Crippen molar-refractivity contribution >= 4 is 0 Å². The van der Waals surface area contributed by atoms with Crippen molar-refractivity contribution in [1.29, 1.82) is 0 Å². The highest BCUT2D eigenvalue weighted by molar-refractivity contribution is 4.68. The molecule has 0 heterocycles. The van der Waals surface area contributed by atoms with E-state index < -0.39 is 6.10 Å². The fourth-order valence-corrected chi connectivity index (χ4v) is 0.995. The molecule has 106 valence electrons. The van der Waals surface area contributed by atoms with Gasteiger partial charge in [-0.15, -0.1) is 0 Å².